The molecule has 0 spiro atoms. The Hall–Kier alpha value is -3.26. The largest absolute Gasteiger partial charge is 0.465 e. The van der Waals surface area contributed by atoms with E-state index < -0.39 is 18.2 Å². The fourth-order valence-electron chi connectivity index (χ4n) is 3.43. The molecule has 3 N–H and O–H groups in total. The molecular weight excluding hydrogens is 411 g/mol. The lowest BCUT2D eigenvalue weighted by atomic mass is 9.97. The number of carbonyl (C=O) groups excluding carboxylic acids is 1. The Morgan fingerprint density at radius 1 is 1.23 bits per heavy atom. The smallest absolute Gasteiger partial charge is 0.409 e. The monoisotopic (exact) mass is 428 g/mol. The second-order valence-electron chi connectivity index (χ2n) is 7.09. The summed E-state index contributed by atoms with van der Waals surface area (Å²) in [5, 5.41) is 16.0. The number of halogens is 2. The first-order valence-electron chi connectivity index (χ1n) is 9.38. The van der Waals surface area contributed by atoms with Gasteiger partial charge in [-0.1, -0.05) is 18.5 Å². The van der Waals surface area contributed by atoms with Crippen molar-refractivity contribution in [3.63, 3.8) is 0 Å². The molecule has 30 heavy (non-hydrogen) atoms. The van der Waals surface area contributed by atoms with Gasteiger partial charge in [0.1, 0.15) is 12.0 Å². The van der Waals surface area contributed by atoms with E-state index in [0.717, 1.165) is 22.1 Å². The van der Waals surface area contributed by atoms with Crippen LogP contribution in [0.25, 0.3) is 21.9 Å². The fraction of sp³-hybridized carbons (Fsp3) is 0.238. The van der Waals surface area contributed by atoms with E-state index in [2.05, 4.69) is 20.6 Å². The molecule has 7 nitrogen and oxygen atoms in total. The Morgan fingerprint density at radius 2 is 2.00 bits per heavy atom. The first kappa shape index (κ1) is 20.0. The molecule has 2 atom stereocenters. The lowest BCUT2D eigenvalue weighted by Gasteiger charge is -2.14. The van der Waals surface area contributed by atoms with Crippen LogP contribution in [0.15, 0.2) is 36.8 Å². The number of carbonyl (C=O) groups is 2. The first-order valence-corrected chi connectivity index (χ1v) is 9.76. The van der Waals surface area contributed by atoms with Crippen LogP contribution in [0.4, 0.5) is 20.7 Å². The second kappa shape index (κ2) is 7.87. The summed E-state index contributed by atoms with van der Waals surface area (Å²) in [4.78, 5) is 31.4. The van der Waals surface area contributed by atoms with Crippen LogP contribution in [0.5, 0.6) is 0 Å². The van der Waals surface area contributed by atoms with Crippen molar-refractivity contribution >= 4 is 45.9 Å². The Labute approximate surface area is 176 Å². The molecule has 0 aliphatic heterocycles. The topological polar surface area (TPSA) is 104 Å². The van der Waals surface area contributed by atoms with Crippen molar-refractivity contribution < 1.29 is 19.1 Å². The molecule has 154 valence electrons. The van der Waals surface area contributed by atoms with Gasteiger partial charge in [0.15, 0.2) is 0 Å². The summed E-state index contributed by atoms with van der Waals surface area (Å²) in [6, 6.07) is 5.31. The summed E-state index contributed by atoms with van der Waals surface area (Å²) in [6.07, 6.45) is 3.23. The molecule has 2 heterocycles. The third-order valence-corrected chi connectivity index (χ3v) is 5.36. The summed E-state index contributed by atoms with van der Waals surface area (Å²) < 4.78 is 13.1. The van der Waals surface area contributed by atoms with Crippen molar-refractivity contribution in [2.45, 2.75) is 25.9 Å². The van der Waals surface area contributed by atoms with Gasteiger partial charge in [0, 0.05) is 23.3 Å². The van der Waals surface area contributed by atoms with Crippen molar-refractivity contribution in [2.75, 3.05) is 10.6 Å². The van der Waals surface area contributed by atoms with Gasteiger partial charge in [-0.3, -0.25) is 15.1 Å². The molecule has 2 amide bonds. The summed E-state index contributed by atoms with van der Waals surface area (Å²) in [5.41, 5.74) is 2.69. The lowest BCUT2D eigenvalue weighted by molar-refractivity contribution is -0.117. The maximum atomic E-state index is 13.1. The third kappa shape index (κ3) is 3.91. The van der Waals surface area contributed by atoms with E-state index in [1.165, 1.54) is 6.20 Å². The number of rotatable bonds is 5. The summed E-state index contributed by atoms with van der Waals surface area (Å²) in [7, 11) is 0. The standard InChI is InChI=1S/C21H18ClFN4O3/c1-2-12-14(7-24-9-18(12)26-21(29)30)10-3-11-5-19(25-8-15(11)16(22)4-10)27-20(28)13-6-17(13)23/h3-5,7-9,13,17,26H,2,6H2,1H3,(H,29,30)(H,25,27,28). The highest BCUT2D eigenvalue weighted by molar-refractivity contribution is 6.36. The number of anilines is 2. The van der Waals surface area contributed by atoms with Gasteiger partial charge >= 0.3 is 6.09 Å². The second-order valence-corrected chi connectivity index (χ2v) is 7.50. The molecule has 2 aromatic heterocycles. The number of nitrogens with zero attached hydrogens (tertiary/aromatic N) is 2. The Kier molecular flexibility index (Phi) is 5.26. The van der Waals surface area contributed by atoms with Crippen molar-refractivity contribution in [1.82, 2.24) is 9.97 Å². The van der Waals surface area contributed by atoms with Crippen molar-refractivity contribution in [1.29, 1.82) is 0 Å². The van der Waals surface area contributed by atoms with Crippen LogP contribution >= 0.6 is 11.6 Å². The fourth-order valence-corrected chi connectivity index (χ4v) is 3.71. The van der Waals surface area contributed by atoms with Gasteiger partial charge in [0.05, 0.1) is 22.8 Å². The first-order chi connectivity index (χ1) is 14.4. The van der Waals surface area contributed by atoms with Gasteiger partial charge in [-0.05, 0) is 47.6 Å². The predicted molar refractivity (Wildman–Crippen MR) is 113 cm³/mol. The molecule has 3 aromatic rings. The van der Waals surface area contributed by atoms with E-state index in [1.807, 2.05) is 13.0 Å². The van der Waals surface area contributed by atoms with Crippen LogP contribution in [0.3, 0.4) is 0 Å². The molecule has 1 fully saturated rings. The minimum Gasteiger partial charge on any atom is -0.465 e. The van der Waals surface area contributed by atoms with Gasteiger partial charge in [-0.25, -0.2) is 14.2 Å². The minimum atomic E-state index is -1.17. The van der Waals surface area contributed by atoms with Gasteiger partial charge in [-0.2, -0.15) is 0 Å². The van der Waals surface area contributed by atoms with Crippen LogP contribution in [-0.4, -0.2) is 33.2 Å². The molecule has 1 aliphatic carbocycles. The number of alkyl halides is 1. The molecule has 1 aromatic carbocycles. The van der Waals surface area contributed by atoms with E-state index in [1.54, 1.807) is 24.5 Å². The lowest BCUT2D eigenvalue weighted by Crippen LogP contribution is -2.15. The quantitative estimate of drug-likeness (QED) is 0.536. The number of amides is 2. The molecule has 1 saturated carbocycles. The van der Waals surface area contributed by atoms with Crippen molar-refractivity contribution in [3.8, 4) is 11.1 Å². The predicted octanol–water partition coefficient (Wildman–Crippen LogP) is 4.90. The van der Waals surface area contributed by atoms with E-state index >= 15 is 0 Å². The number of hydrogen-bond donors (Lipinski definition) is 3. The number of pyridine rings is 2. The summed E-state index contributed by atoms with van der Waals surface area (Å²) in [6.45, 7) is 1.92. The third-order valence-electron chi connectivity index (χ3n) is 5.05. The van der Waals surface area contributed by atoms with Gasteiger partial charge in [-0.15, -0.1) is 0 Å². The molecule has 0 bridgehead atoms. The molecule has 0 saturated heterocycles. The van der Waals surface area contributed by atoms with Crippen molar-refractivity contribution in [3.05, 3.63) is 47.4 Å². The molecule has 9 heteroatoms. The highest BCUT2D eigenvalue weighted by Gasteiger charge is 2.43. The van der Waals surface area contributed by atoms with Crippen LogP contribution in [0.2, 0.25) is 5.02 Å². The SMILES string of the molecule is CCc1c(NC(=O)O)cncc1-c1cc(Cl)c2cnc(NC(=O)C3CC3F)cc2c1. The average Bonchev–Trinajstić information content (AvgIpc) is 3.44. The number of hydrogen-bond acceptors (Lipinski definition) is 4. The number of nitrogens with one attached hydrogen (secondary N) is 2. The Balaban J connectivity index is 1.75. The molecule has 4 rings (SSSR count). The van der Waals surface area contributed by atoms with Crippen molar-refractivity contribution in [2.24, 2.45) is 5.92 Å². The summed E-state index contributed by atoms with van der Waals surface area (Å²) in [5.74, 6) is -0.684. The number of benzene rings is 1. The zero-order chi connectivity index (χ0) is 21.4. The van der Waals surface area contributed by atoms with Gasteiger partial charge in [0.25, 0.3) is 0 Å². The van der Waals surface area contributed by atoms with Crippen LogP contribution < -0.4 is 10.6 Å². The number of carboxylic acid groups (broad SMARTS) is 1. The normalized spacial score (nSPS) is 17.6. The van der Waals surface area contributed by atoms with E-state index in [0.29, 0.717) is 28.3 Å². The van der Waals surface area contributed by atoms with Gasteiger partial charge in [0.2, 0.25) is 5.91 Å². The van der Waals surface area contributed by atoms with Crippen LogP contribution in [0, 0.1) is 5.92 Å². The van der Waals surface area contributed by atoms with E-state index in [4.69, 9.17) is 16.7 Å². The number of aromatic nitrogens is 2. The molecule has 2 unspecified atom stereocenters. The highest BCUT2D eigenvalue weighted by atomic mass is 35.5. The molecule has 1 aliphatic rings. The Morgan fingerprint density at radius 3 is 2.67 bits per heavy atom. The molecular formula is C21H18ClFN4O3. The molecule has 0 radical (unpaired) electrons. The van der Waals surface area contributed by atoms with E-state index in [9.17, 15) is 14.0 Å². The maximum absolute atomic E-state index is 13.1. The minimum absolute atomic E-state index is 0.239. The highest BCUT2D eigenvalue weighted by Crippen LogP contribution is 2.36. The zero-order valence-electron chi connectivity index (χ0n) is 15.9. The number of fused-ring (bicyclic) bond motifs is 1. The average molecular weight is 429 g/mol. The van der Waals surface area contributed by atoms with E-state index in [-0.39, 0.29) is 12.3 Å². The Bertz CT molecular complexity index is 1170. The zero-order valence-corrected chi connectivity index (χ0v) is 16.7. The van der Waals surface area contributed by atoms with Crippen LogP contribution in [-0.2, 0) is 11.2 Å². The summed E-state index contributed by atoms with van der Waals surface area (Å²) >= 11 is 6.46. The van der Waals surface area contributed by atoms with Gasteiger partial charge < -0.3 is 10.4 Å². The van der Waals surface area contributed by atoms with Crippen LogP contribution in [0.1, 0.15) is 18.9 Å². The maximum Gasteiger partial charge on any atom is 0.409 e.